The average molecular weight is 987 g/mol. The third-order valence-corrected chi connectivity index (χ3v) is 13.8. The SMILES string of the molecule is CCCCC/C=C\CC1OC1CCCCCCCC(=O)OC[C@H](COP(=O)(O)O[C@H]1C(O)C(O)C(O)[C@@H](OP(=O)(O)O)C1O)OC(=O)CCCCCCCCCCCCCCCCCCC. The smallest absolute Gasteiger partial charge is 0.462 e. The molecule has 10 atom stereocenters. The largest absolute Gasteiger partial charge is 0.472 e. The molecular formula is C47H88O17P2. The van der Waals surface area contributed by atoms with Crippen molar-refractivity contribution in [2.75, 3.05) is 13.2 Å². The van der Waals surface area contributed by atoms with E-state index in [1.54, 1.807) is 0 Å². The lowest BCUT2D eigenvalue weighted by Crippen LogP contribution is -2.64. The molecule has 0 bridgehead atoms. The van der Waals surface area contributed by atoms with Gasteiger partial charge in [-0.15, -0.1) is 0 Å². The Morgan fingerprint density at radius 2 is 1.02 bits per heavy atom. The van der Waals surface area contributed by atoms with Gasteiger partial charge in [-0.3, -0.25) is 23.2 Å². The first kappa shape index (κ1) is 60.8. The molecule has 2 fully saturated rings. The summed E-state index contributed by atoms with van der Waals surface area (Å²) in [5.41, 5.74) is 0. The van der Waals surface area contributed by atoms with Gasteiger partial charge >= 0.3 is 27.6 Å². The van der Waals surface area contributed by atoms with E-state index < -0.39 is 83.5 Å². The topological polar surface area (TPSA) is 269 Å². The van der Waals surface area contributed by atoms with Crippen LogP contribution in [0.2, 0.25) is 0 Å². The number of ether oxygens (including phenoxy) is 3. The third kappa shape index (κ3) is 29.0. The highest BCUT2D eigenvalue weighted by Gasteiger charge is 2.54. The number of epoxide rings is 1. The molecule has 1 aliphatic carbocycles. The van der Waals surface area contributed by atoms with Crippen molar-refractivity contribution in [1.82, 2.24) is 0 Å². The van der Waals surface area contributed by atoms with Crippen molar-refractivity contribution in [2.45, 2.75) is 261 Å². The first-order chi connectivity index (χ1) is 31.6. The van der Waals surface area contributed by atoms with Crippen LogP contribution in [0.15, 0.2) is 12.2 Å². The Morgan fingerprint density at radius 1 is 0.545 bits per heavy atom. The number of aliphatic hydroxyl groups is 4. The molecule has 0 amide bonds. The van der Waals surface area contributed by atoms with Gasteiger partial charge in [-0.2, -0.15) is 0 Å². The van der Waals surface area contributed by atoms with Crippen LogP contribution in [-0.4, -0.2) is 115 Å². The minimum atomic E-state index is -5.37. The van der Waals surface area contributed by atoms with Crippen LogP contribution >= 0.6 is 15.6 Å². The molecule has 2 aliphatic rings. The zero-order valence-electron chi connectivity index (χ0n) is 40.1. The molecular weight excluding hydrogens is 898 g/mol. The molecule has 66 heavy (non-hydrogen) atoms. The third-order valence-electron chi connectivity index (χ3n) is 12.3. The Balaban J connectivity index is 1.76. The number of rotatable bonds is 42. The Kier molecular flexibility index (Phi) is 32.9. The zero-order chi connectivity index (χ0) is 48.6. The van der Waals surface area contributed by atoms with Crippen LogP contribution in [0.3, 0.4) is 0 Å². The number of unbranched alkanes of at least 4 members (excludes halogenated alkanes) is 23. The maximum Gasteiger partial charge on any atom is 0.472 e. The summed E-state index contributed by atoms with van der Waals surface area (Å²) in [7, 11) is -10.7. The van der Waals surface area contributed by atoms with Crippen molar-refractivity contribution >= 4 is 27.6 Å². The van der Waals surface area contributed by atoms with Gasteiger partial charge in [0, 0.05) is 12.8 Å². The maximum absolute atomic E-state index is 13.0. The highest BCUT2D eigenvalue weighted by molar-refractivity contribution is 7.47. The summed E-state index contributed by atoms with van der Waals surface area (Å²) in [6.07, 6.45) is 21.8. The summed E-state index contributed by atoms with van der Waals surface area (Å²) in [5.74, 6) is -1.22. The van der Waals surface area contributed by atoms with Gasteiger partial charge in [-0.05, 0) is 38.5 Å². The van der Waals surface area contributed by atoms with E-state index in [0.717, 1.165) is 70.6 Å². The summed E-state index contributed by atoms with van der Waals surface area (Å²) < 4.78 is 55.3. The van der Waals surface area contributed by atoms with Crippen LogP contribution in [0.25, 0.3) is 0 Å². The Morgan fingerprint density at radius 3 is 1.55 bits per heavy atom. The Labute approximate surface area is 394 Å². The van der Waals surface area contributed by atoms with Gasteiger partial charge in [0.05, 0.1) is 18.8 Å². The molecule has 0 radical (unpaired) electrons. The van der Waals surface area contributed by atoms with E-state index >= 15 is 0 Å². The molecule has 1 saturated carbocycles. The number of hydrogen-bond donors (Lipinski definition) is 7. The lowest BCUT2D eigenvalue weighted by molar-refractivity contribution is -0.216. The number of allylic oxidation sites excluding steroid dienone is 1. The van der Waals surface area contributed by atoms with Gasteiger partial charge in [0.25, 0.3) is 0 Å². The highest BCUT2D eigenvalue weighted by atomic mass is 31.2. The number of carbonyl (C=O) groups is 2. The summed E-state index contributed by atoms with van der Waals surface area (Å²) in [6.45, 7) is 3.09. The van der Waals surface area contributed by atoms with Gasteiger partial charge in [0.1, 0.15) is 43.2 Å². The minimum absolute atomic E-state index is 0.0433. The molecule has 0 aromatic heterocycles. The van der Waals surface area contributed by atoms with E-state index in [9.17, 15) is 53.8 Å². The summed E-state index contributed by atoms with van der Waals surface area (Å²) in [5, 5.41) is 41.3. The summed E-state index contributed by atoms with van der Waals surface area (Å²) in [4.78, 5) is 54.4. The molecule has 0 spiro atoms. The minimum Gasteiger partial charge on any atom is -0.462 e. The number of phosphoric ester groups is 2. The van der Waals surface area contributed by atoms with Crippen LogP contribution in [0.5, 0.6) is 0 Å². The summed E-state index contributed by atoms with van der Waals surface area (Å²) in [6, 6.07) is 0. The van der Waals surface area contributed by atoms with E-state index in [-0.39, 0.29) is 12.8 Å². The predicted octanol–water partition coefficient (Wildman–Crippen LogP) is 8.95. The molecule has 1 aliphatic heterocycles. The molecule has 2 rings (SSSR count). The van der Waals surface area contributed by atoms with Gasteiger partial charge in [0.2, 0.25) is 0 Å². The molecule has 7 unspecified atom stereocenters. The highest BCUT2D eigenvalue weighted by Crippen LogP contribution is 2.49. The Bertz CT molecular complexity index is 1400. The second kappa shape index (κ2) is 35.7. The Hall–Kier alpha value is -1.30. The van der Waals surface area contributed by atoms with Crippen molar-refractivity contribution in [3.8, 4) is 0 Å². The fourth-order valence-electron chi connectivity index (χ4n) is 8.21. The molecule has 1 heterocycles. The molecule has 388 valence electrons. The predicted molar refractivity (Wildman–Crippen MR) is 250 cm³/mol. The number of carbonyl (C=O) groups excluding carboxylic acids is 2. The first-order valence-corrected chi connectivity index (χ1v) is 28.4. The standard InChI is InChI=1S/C47H88O17P2/c1-3-5-7-9-11-12-13-14-15-16-17-18-19-20-21-25-30-34-41(49)61-37(36-60-66(57,58)64-47-44(52)42(50)43(51)46(45(47)53)63-65(54,55)56)35-59-40(48)33-29-26-22-24-28-32-39-38(62-39)31-27-23-10-8-6-4-2/h23,27,37-39,42-47,50-53H,3-22,24-26,28-36H2,1-2H3,(H,57,58)(H2,54,55,56)/b27-23-/t37-,38?,39?,42?,43?,44?,45?,46-,47+/m1/s1. The molecule has 19 heteroatoms. The van der Waals surface area contributed by atoms with Crippen molar-refractivity contribution in [3.63, 3.8) is 0 Å². The van der Waals surface area contributed by atoms with Crippen LogP contribution in [0, 0.1) is 0 Å². The van der Waals surface area contributed by atoms with Gasteiger partial charge < -0.3 is 49.3 Å². The normalized spacial score (nSPS) is 24.6. The fraction of sp³-hybridized carbons (Fsp3) is 0.915. The van der Waals surface area contributed by atoms with Crippen molar-refractivity contribution < 1.29 is 81.6 Å². The van der Waals surface area contributed by atoms with Crippen molar-refractivity contribution in [1.29, 1.82) is 0 Å². The molecule has 1 saturated heterocycles. The van der Waals surface area contributed by atoms with E-state index in [4.69, 9.17) is 23.3 Å². The molecule has 17 nitrogen and oxygen atoms in total. The van der Waals surface area contributed by atoms with E-state index in [1.165, 1.54) is 96.3 Å². The summed E-state index contributed by atoms with van der Waals surface area (Å²) >= 11 is 0. The first-order valence-electron chi connectivity index (χ1n) is 25.4. The zero-order valence-corrected chi connectivity index (χ0v) is 41.9. The number of hydrogen-bond acceptors (Lipinski definition) is 14. The van der Waals surface area contributed by atoms with Crippen molar-refractivity contribution in [2.24, 2.45) is 0 Å². The second-order valence-electron chi connectivity index (χ2n) is 18.3. The molecule has 7 N–H and O–H groups in total. The lowest BCUT2D eigenvalue weighted by Gasteiger charge is -2.43. The van der Waals surface area contributed by atoms with Gasteiger partial charge in [-0.25, -0.2) is 9.13 Å². The lowest BCUT2D eigenvalue weighted by atomic mass is 9.85. The maximum atomic E-state index is 13.0. The van der Waals surface area contributed by atoms with E-state index in [1.807, 2.05) is 0 Å². The van der Waals surface area contributed by atoms with E-state index in [2.05, 4.69) is 30.5 Å². The van der Waals surface area contributed by atoms with Gasteiger partial charge in [0.15, 0.2) is 6.10 Å². The number of esters is 2. The number of aliphatic hydroxyl groups excluding tert-OH is 4. The van der Waals surface area contributed by atoms with Crippen LogP contribution in [-0.2, 0) is 46.5 Å². The van der Waals surface area contributed by atoms with Crippen LogP contribution in [0.4, 0.5) is 0 Å². The number of phosphoric acid groups is 2. The van der Waals surface area contributed by atoms with Crippen LogP contribution < -0.4 is 0 Å². The average Bonchev–Trinajstić information content (AvgIpc) is 4.03. The molecule has 0 aromatic carbocycles. The monoisotopic (exact) mass is 987 g/mol. The quantitative estimate of drug-likeness (QED) is 0.00989. The van der Waals surface area contributed by atoms with Gasteiger partial charge in [-0.1, -0.05) is 167 Å². The van der Waals surface area contributed by atoms with E-state index in [0.29, 0.717) is 25.0 Å². The van der Waals surface area contributed by atoms with Crippen LogP contribution in [0.1, 0.15) is 206 Å². The fourth-order valence-corrected chi connectivity index (χ4v) is 9.75. The molecule has 0 aromatic rings. The van der Waals surface area contributed by atoms with Crippen molar-refractivity contribution in [3.05, 3.63) is 12.2 Å². The second-order valence-corrected chi connectivity index (χ2v) is 20.9.